The summed E-state index contributed by atoms with van der Waals surface area (Å²) in [7, 11) is 0. The molecule has 0 saturated heterocycles. The fraction of sp³-hybridized carbons (Fsp3) is 0.318. The number of para-hydroxylation sites is 2. The van der Waals surface area contributed by atoms with Gasteiger partial charge in [0.1, 0.15) is 0 Å². The fourth-order valence-corrected chi connectivity index (χ4v) is 5.77. The van der Waals surface area contributed by atoms with Crippen LogP contribution in [0.5, 0.6) is 0 Å². The van der Waals surface area contributed by atoms with Gasteiger partial charge in [0, 0.05) is 5.92 Å². The monoisotopic (exact) mass is 445 g/mol. The van der Waals surface area contributed by atoms with Gasteiger partial charge < -0.3 is 5.32 Å². The first-order valence-corrected chi connectivity index (χ1v) is 10.6. The summed E-state index contributed by atoms with van der Waals surface area (Å²) >= 11 is 18.5. The lowest BCUT2D eigenvalue weighted by atomic mass is 9.67. The first kappa shape index (κ1) is 19.1. The van der Waals surface area contributed by atoms with Crippen LogP contribution in [0.1, 0.15) is 44.0 Å². The minimum Gasteiger partial charge on any atom is -0.324 e. The Kier molecular flexibility index (Phi) is 4.16. The second kappa shape index (κ2) is 6.31. The van der Waals surface area contributed by atoms with Gasteiger partial charge in [-0.25, -0.2) is 9.97 Å². The Bertz CT molecular complexity index is 1190. The van der Waals surface area contributed by atoms with Crippen molar-refractivity contribution in [3.8, 4) is 0 Å². The van der Waals surface area contributed by atoms with Crippen LogP contribution in [-0.2, 0) is 10.2 Å². The van der Waals surface area contributed by atoms with Crippen LogP contribution < -0.4 is 5.32 Å². The summed E-state index contributed by atoms with van der Waals surface area (Å²) in [5, 5.41) is 4.03. The number of halogens is 3. The van der Waals surface area contributed by atoms with Crippen LogP contribution >= 0.6 is 34.8 Å². The molecule has 1 amide bonds. The van der Waals surface area contributed by atoms with Crippen molar-refractivity contribution < 1.29 is 4.79 Å². The number of nitrogens with zero attached hydrogens (tertiary/aromatic N) is 2. The second-order valence-electron chi connectivity index (χ2n) is 8.36. The molecule has 0 radical (unpaired) electrons. The molecule has 2 aliphatic carbocycles. The smallest absolute Gasteiger partial charge is 0.237 e. The third-order valence-corrected chi connectivity index (χ3v) is 7.79. The van der Waals surface area contributed by atoms with E-state index in [-0.39, 0.29) is 17.2 Å². The molecule has 1 saturated carbocycles. The molecule has 2 atom stereocenters. The highest BCUT2D eigenvalue weighted by Crippen LogP contribution is 2.67. The lowest BCUT2D eigenvalue weighted by Gasteiger charge is -2.36. The molecule has 1 aromatic heterocycles. The highest BCUT2D eigenvalue weighted by Gasteiger charge is 2.67. The highest BCUT2D eigenvalue weighted by molar-refractivity contribution is 6.44. The van der Waals surface area contributed by atoms with Gasteiger partial charge in [-0.1, -0.05) is 60.8 Å². The molecular formula is C22H18Cl3N3O. The van der Waals surface area contributed by atoms with Crippen LogP contribution in [-0.4, -0.2) is 15.9 Å². The van der Waals surface area contributed by atoms with Gasteiger partial charge in [-0.05, 0) is 42.5 Å². The largest absolute Gasteiger partial charge is 0.324 e. The molecule has 148 valence electrons. The van der Waals surface area contributed by atoms with Gasteiger partial charge in [-0.15, -0.1) is 0 Å². The van der Waals surface area contributed by atoms with E-state index in [1.54, 1.807) is 6.07 Å². The van der Waals surface area contributed by atoms with E-state index in [1.807, 2.05) is 24.3 Å². The molecule has 29 heavy (non-hydrogen) atoms. The number of carbonyl (C=O) groups excluding carboxylic acids is 1. The van der Waals surface area contributed by atoms with Crippen LogP contribution in [0.2, 0.25) is 15.1 Å². The molecular weight excluding hydrogens is 429 g/mol. The van der Waals surface area contributed by atoms with Gasteiger partial charge in [0.2, 0.25) is 5.91 Å². The predicted molar refractivity (Wildman–Crippen MR) is 117 cm³/mol. The van der Waals surface area contributed by atoms with Crippen molar-refractivity contribution in [2.24, 2.45) is 5.41 Å². The van der Waals surface area contributed by atoms with E-state index < -0.39 is 5.41 Å². The Morgan fingerprint density at radius 2 is 1.69 bits per heavy atom. The number of anilines is 1. The van der Waals surface area contributed by atoms with Crippen LogP contribution in [0.4, 0.5) is 5.69 Å². The Labute approximate surface area is 183 Å². The van der Waals surface area contributed by atoms with E-state index in [0.29, 0.717) is 20.8 Å². The van der Waals surface area contributed by atoms with E-state index in [0.717, 1.165) is 35.3 Å². The Morgan fingerprint density at radius 3 is 2.41 bits per heavy atom. The van der Waals surface area contributed by atoms with Crippen LogP contribution in [0.25, 0.3) is 11.0 Å². The first-order chi connectivity index (χ1) is 13.8. The maximum Gasteiger partial charge on any atom is 0.237 e. The van der Waals surface area contributed by atoms with Crippen molar-refractivity contribution in [2.75, 3.05) is 5.32 Å². The lowest BCUT2D eigenvalue weighted by Crippen LogP contribution is -2.46. The standard InChI is InChI=1S/C22H18Cl3N3O/c1-21(2)11-7-8-22(21,19-18(11)26-15-5-3-4-6-16(15)27-19)20(29)28-17-10-13(24)12(23)9-14(17)25/h3-6,9-11H,7-8H2,1-2H3,(H,28,29). The van der Waals surface area contributed by atoms with Crippen molar-refractivity contribution in [1.29, 1.82) is 0 Å². The lowest BCUT2D eigenvalue weighted by molar-refractivity contribution is -0.124. The van der Waals surface area contributed by atoms with Crippen molar-refractivity contribution >= 4 is 57.4 Å². The molecule has 5 rings (SSSR count). The average molecular weight is 447 g/mol. The topological polar surface area (TPSA) is 54.9 Å². The van der Waals surface area contributed by atoms with E-state index >= 15 is 0 Å². The van der Waals surface area contributed by atoms with Gasteiger partial charge in [0.05, 0.1) is 48.6 Å². The third kappa shape index (κ3) is 2.49. The summed E-state index contributed by atoms with van der Waals surface area (Å²) in [5.74, 6) is 0.0539. The molecule has 7 heteroatoms. The summed E-state index contributed by atoms with van der Waals surface area (Å²) in [6, 6.07) is 10.9. The summed E-state index contributed by atoms with van der Waals surface area (Å²) in [4.78, 5) is 23.6. The summed E-state index contributed by atoms with van der Waals surface area (Å²) < 4.78 is 0. The normalized spacial score (nSPS) is 24.0. The predicted octanol–water partition coefficient (Wildman–Crippen LogP) is 6.38. The summed E-state index contributed by atoms with van der Waals surface area (Å²) in [6.45, 7) is 4.27. The molecule has 1 fully saturated rings. The van der Waals surface area contributed by atoms with Crippen molar-refractivity contribution in [3.05, 3.63) is 62.9 Å². The number of carbonyl (C=O) groups is 1. The number of hydrogen-bond acceptors (Lipinski definition) is 3. The average Bonchev–Trinajstić information content (AvgIpc) is 3.06. The molecule has 2 unspecified atom stereocenters. The molecule has 2 aromatic carbocycles. The molecule has 4 nitrogen and oxygen atoms in total. The Hall–Kier alpha value is -1.88. The maximum atomic E-state index is 13.7. The summed E-state index contributed by atoms with van der Waals surface area (Å²) in [6.07, 6.45) is 1.62. The van der Waals surface area contributed by atoms with Crippen LogP contribution in [0.15, 0.2) is 36.4 Å². The minimum absolute atomic E-state index is 0.131. The molecule has 1 N–H and O–H groups in total. The quantitative estimate of drug-likeness (QED) is 0.464. The molecule has 2 aliphatic rings. The number of rotatable bonds is 2. The zero-order chi connectivity index (χ0) is 20.6. The highest BCUT2D eigenvalue weighted by atomic mass is 35.5. The number of amides is 1. The van der Waals surface area contributed by atoms with Crippen LogP contribution in [0, 0.1) is 5.41 Å². The van der Waals surface area contributed by atoms with E-state index in [9.17, 15) is 4.79 Å². The van der Waals surface area contributed by atoms with Crippen molar-refractivity contribution in [3.63, 3.8) is 0 Å². The zero-order valence-electron chi connectivity index (χ0n) is 15.9. The number of benzene rings is 2. The number of aromatic nitrogens is 2. The Morgan fingerprint density at radius 1 is 1.03 bits per heavy atom. The second-order valence-corrected chi connectivity index (χ2v) is 9.59. The van der Waals surface area contributed by atoms with Gasteiger partial charge in [0.25, 0.3) is 0 Å². The molecule has 0 spiro atoms. The van der Waals surface area contributed by atoms with Gasteiger partial charge >= 0.3 is 0 Å². The fourth-order valence-electron chi connectivity index (χ4n) is 5.18. The maximum absolute atomic E-state index is 13.7. The molecule has 3 aromatic rings. The van der Waals surface area contributed by atoms with Gasteiger partial charge in [-0.2, -0.15) is 0 Å². The van der Waals surface area contributed by atoms with E-state index in [4.69, 9.17) is 44.8 Å². The van der Waals surface area contributed by atoms with Crippen molar-refractivity contribution in [1.82, 2.24) is 9.97 Å². The minimum atomic E-state index is -0.778. The molecule has 0 aliphatic heterocycles. The number of fused-ring (bicyclic) bond motifs is 6. The van der Waals surface area contributed by atoms with Gasteiger partial charge in [0.15, 0.2) is 0 Å². The number of nitrogens with one attached hydrogen (secondary N) is 1. The van der Waals surface area contributed by atoms with Crippen molar-refractivity contribution in [2.45, 2.75) is 38.0 Å². The Balaban J connectivity index is 1.65. The first-order valence-electron chi connectivity index (χ1n) is 9.49. The van der Waals surface area contributed by atoms with Crippen LogP contribution in [0.3, 0.4) is 0 Å². The SMILES string of the molecule is CC1(C)C2CCC1(C(=O)Nc1cc(Cl)c(Cl)cc1Cl)c1nc3ccccc3nc12. The summed E-state index contributed by atoms with van der Waals surface area (Å²) in [5.41, 5.74) is 2.73. The van der Waals surface area contributed by atoms with Gasteiger partial charge in [-0.3, -0.25) is 4.79 Å². The van der Waals surface area contributed by atoms with E-state index in [1.165, 1.54) is 6.07 Å². The number of hydrogen-bond donors (Lipinski definition) is 1. The van der Waals surface area contributed by atoms with E-state index in [2.05, 4.69) is 19.2 Å². The molecule has 2 bridgehead atoms. The zero-order valence-corrected chi connectivity index (χ0v) is 18.2. The third-order valence-electron chi connectivity index (χ3n) is 6.76. The molecule has 1 heterocycles.